The number of rotatable bonds is 4. The number of carbonyl (C=O) groups excluding carboxylic acids is 1. The number of allylic oxidation sites excluding steroid dienone is 1. The number of carbonyl (C=O) groups is 1. The molecule has 0 bridgehead atoms. The summed E-state index contributed by atoms with van der Waals surface area (Å²) in [5.74, 6) is 0.706. The van der Waals surface area contributed by atoms with Crippen molar-refractivity contribution in [3.63, 3.8) is 0 Å². The average molecular weight is 318 g/mol. The predicted octanol–water partition coefficient (Wildman–Crippen LogP) is 3.76. The maximum Gasteiger partial charge on any atom is 0.253 e. The minimum atomic E-state index is -0.487. The molecule has 5 heteroatoms. The minimum absolute atomic E-state index is 0.123. The maximum atomic E-state index is 12.2. The van der Waals surface area contributed by atoms with E-state index in [-0.39, 0.29) is 5.91 Å². The van der Waals surface area contributed by atoms with Gasteiger partial charge in [-0.15, -0.1) is 6.58 Å². The molecule has 0 spiro atoms. The first kappa shape index (κ1) is 16.5. The third-order valence-corrected chi connectivity index (χ3v) is 4.16. The Morgan fingerprint density at radius 1 is 1.45 bits per heavy atom. The van der Waals surface area contributed by atoms with Gasteiger partial charge in [-0.05, 0) is 25.1 Å². The lowest BCUT2D eigenvalue weighted by Crippen LogP contribution is -2.23. The highest BCUT2D eigenvalue weighted by Gasteiger charge is 2.21. The predicted molar refractivity (Wildman–Crippen MR) is 91.2 cm³/mol. The molecule has 0 atom stereocenters. The van der Waals surface area contributed by atoms with Crippen molar-refractivity contribution in [3.8, 4) is 5.75 Å². The third kappa shape index (κ3) is 3.47. The largest absolute Gasteiger partial charge is 0.494 e. The smallest absolute Gasteiger partial charge is 0.253 e. The van der Waals surface area contributed by atoms with E-state index in [1.165, 1.54) is 11.3 Å². The topological polar surface area (TPSA) is 43.6 Å². The molecule has 22 heavy (non-hydrogen) atoms. The monoisotopic (exact) mass is 318 g/mol. The molecule has 0 fully saturated rings. The Kier molecular flexibility index (Phi) is 4.86. The number of fused-ring (bicyclic) bond motifs is 1. The number of benzene rings is 1. The molecule has 1 amide bonds. The van der Waals surface area contributed by atoms with Crippen LogP contribution in [0.25, 0.3) is 10.2 Å². The van der Waals surface area contributed by atoms with Crippen LogP contribution in [0.15, 0.2) is 35.8 Å². The molecular formula is C17H22N2O2S. The Balaban J connectivity index is 2.62. The molecule has 0 aliphatic heterocycles. The van der Waals surface area contributed by atoms with E-state index in [1.54, 1.807) is 0 Å². The van der Waals surface area contributed by atoms with Crippen molar-refractivity contribution in [2.45, 2.75) is 34.2 Å². The highest BCUT2D eigenvalue weighted by atomic mass is 32.1. The molecule has 0 saturated carbocycles. The highest BCUT2D eigenvalue weighted by molar-refractivity contribution is 7.16. The summed E-state index contributed by atoms with van der Waals surface area (Å²) in [5.41, 5.74) is 0.549. The normalized spacial score (nSPS) is 12.6. The van der Waals surface area contributed by atoms with Crippen molar-refractivity contribution in [2.75, 3.05) is 6.61 Å². The number of aromatic nitrogens is 1. The summed E-state index contributed by atoms with van der Waals surface area (Å²) in [7, 11) is 0. The average Bonchev–Trinajstić information content (AvgIpc) is 2.76. The van der Waals surface area contributed by atoms with Crippen LogP contribution in [0, 0.1) is 5.41 Å². The summed E-state index contributed by atoms with van der Waals surface area (Å²) in [6, 6.07) is 5.93. The molecule has 2 rings (SSSR count). The van der Waals surface area contributed by atoms with Gasteiger partial charge in [0.15, 0.2) is 4.80 Å². The van der Waals surface area contributed by atoms with Gasteiger partial charge in [-0.3, -0.25) is 4.79 Å². The summed E-state index contributed by atoms with van der Waals surface area (Å²) in [6.45, 7) is 12.6. The van der Waals surface area contributed by atoms with Gasteiger partial charge in [0.1, 0.15) is 5.75 Å². The van der Waals surface area contributed by atoms with Gasteiger partial charge in [-0.1, -0.05) is 38.2 Å². The van der Waals surface area contributed by atoms with E-state index >= 15 is 0 Å². The van der Waals surface area contributed by atoms with E-state index in [1.807, 2.05) is 56.5 Å². The first-order chi connectivity index (χ1) is 10.4. The van der Waals surface area contributed by atoms with Crippen molar-refractivity contribution in [2.24, 2.45) is 10.4 Å². The zero-order valence-corrected chi connectivity index (χ0v) is 14.4. The van der Waals surface area contributed by atoms with Gasteiger partial charge in [0.05, 0.1) is 16.8 Å². The fourth-order valence-corrected chi connectivity index (χ4v) is 3.02. The number of amides is 1. The van der Waals surface area contributed by atoms with Crippen molar-refractivity contribution >= 4 is 27.5 Å². The van der Waals surface area contributed by atoms with Gasteiger partial charge >= 0.3 is 0 Å². The van der Waals surface area contributed by atoms with Crippen LogP contribution in [0.4, 0.5) is 0 Å². The molecule has 0 unspecified atom stereocenters. The van der Waals surface area contributed by atoms with E-state index in [0.717, 1.165) is 16.0 Å². The second kappa shape index (κ2) is 6.48. The summed E-state index contributed by atoms with van der Waals surface area (Å²) in [6.07, 6.45) is 1.81. The van der Waals surface area contributed by atoms with E-state index < -0.39 is 5.41 Å². The lowest BCUT2D eigenvalue weighted by atomic mass is 9.96. The molecule has 1 aromatic heterocycles. The SMILES string of the molecule is C=CCn1c(=NC(=O)C(C)(C)C)sc2cc(OCC)ccc21. The zero-order chi connectivity index (χ0) is 16.3. The van der Waals surface area contributed by atoms with Crippen LogP contribution in [0.2, 0.25) is 0 Å². The van der Waals surface area contributed by atoms with Gasteiger partial charge in [0, 0.05) is 12.0 Å². The van der Waals surface area contributed by atoms with Crippen LogP contribution < -0.4 is 9.54 Å². The van der Waals surface area contributed by atoms with Crippen molar-refractivity contribution in [1.82, 2.24) is 4.57 Å². The third-order valence-electron chi connectivity index (χ3n) is 3.12. The maximum absolute atomic E-state index is 12.2. The quantitative estimate of drug-likeness (QED) is 0.806. The van der Waals surface area contributed by atoms with Crippen molar-refractivity contribution in [3.05, 3.63) is 35.7 Å². The molecule has 0 N–H and O–H groups in total. The van der Waals surface area contributed by atoms with Gasteiger partial charge in [-0.25, -0.2) is 0 Å². The number of nitrogens with zero attached hydrogens (tertiary/aromatic N) is 2. The molecule has 0 saturated heterocycles. The summed E-state index contributed by atoms with van der Waals surface area (Å²) < 4.78 is 8.59. The van der Waals surface area contributed by atoms with Crippen molar-refractivity contribution < 1.29 is 9.53 Å². The Morgan fingerprint density at radius 2 is 2.18 bits per heavy atom. The molecule has 2 aromatic rings. The van der Waals surface area contributed by atoms with Gasteiger partial charge in [-0.2, -0.15) is 4.99 Å². The highest BCUT2D eigenvalue weighted by Crippen LogP contribution is 2.24. The fourth-order valence-electron chi connectivity index (χ4n) is 1.96. The van der Waals surface area contributed by atoms with Gasteiger partial charge < -0.3 is 9.30 Å². The van der Waals surface area contributed by atoms with E-state index in [4.69, 9.17) is 4.74 Å². The summed E-state index contributed by atoms with van der Waals surface area (Å²) in [5, 5.41) is 0. The number of hydrogen-bond donors (Lipinski definition) is 0. The van der Waals surface area contributed by atoms with Crippen molar-refractivity contribution in [1.29, 1.82) is 0 Å². The summed E-state index contributed by atoms with van der Waals surface area (Å²) in [4.78, 5) is 17.2. The van der Waals surface area contributed by atoms with Crippen LogP contribution >= 0.6 is 11.3 Å². The number of thiazole rings is 1. The van der Waals surface area contributed by atoms with Gasteiger partial charge in [0.2, 0.25) is 0 Å². The minimum Gasteiger partial charge on any atom is -0.494 e. The van der Waals surface area contributed by atoms with E-state index in [0.29, 0.717) is 18.0 Å². The number of hydrogen-bond acceptors (Lipinski definition) is 3. The van der Waals surface area contributed by atoms with E-state index in [9.17, 15) is 4.79 Å². The Morgan fingerprint density at radius 3 is 2.77 bits per heavy atom. The van der Waals surface area contributed by atoms with Crippen LogP contribution in [0.5, 0.6) is 5.75 Å². The zero-order valence-electron chi connectivity index (χ0n) is 13.5. The molecule has 1 aromatic carbocycles. The molecular weight excluding hydrogens is 296 g/mol. The first-order valence-electron chi connectivity index (χ1n) is 7.33. The fraction of sp³-hybridized carbons (Fsp3) is 0.412. The standard InChI is InChI=1S/C17H22N2O2S/c1-6-10-19-13-9-8-12(21-7-2)11-14(13)22-16(19)18-15(20)17(3,4)5/h6,8-9,11H,1,7,10H2,2-5H3. The second-order valence-corrected chi connectivity index (χ2v) is 7.02. The molecule has 0 aliphatic carbocycles. The lowest BCUT2D eigenvalue weighted by Gasteiger charge is -2.11. The van der Waals surface area contributed by atoms with Gasteiger partial charge in [0.25, 0.3) is 5.91 Å². The van der Waals surface area contributed by atoms with Crippen LogP contribution in [-0.2, 0) is 11.3 Å². The van der Waals surface area contributed by atoms with E-state index in [2.05, 4.69) is 11.6 Å². The molecule has 118 valence electrons. The summed E-state index contributed by atoms with van der Waals surface area (Å²) >= 11 is 1.50. The Labute approximate surface area is 134 Å². The number of ether oxygens (including phenoxy) is 1. The second-order valence-electron chi connectivity index (χ2n) is 6.01. The molecule has 1 heterocycles. The van der Waals surface area contributed by atoms with Crippen LogP contribution in [-0.4, -0.2) is 17.1 Å². The molecule has 0 aliphatic rings. The van der Waals surface area contributed by atoms with Crippen LogP contribution in [0.1, 0.15) is 27.7 Å². The Hall–Kier alpha value is -1.88. The lowest BCUT2D eigenvalue weighted by molar-refractivity contribution is -0.125. The van der Waals surface area contributed by atoms with Crippen LogP contribution in [0.3, 0.4) is 0 Å². The first-order valence-corrected chi connectivity index (χ1v) is 8.14. The Bertz CT molecular complexity index is 763. The molecule has 4 nitrogen and oxygen atoms in total. The molecule has 0 radical (unpaired) electrons.